The zero-order valence-electron chi connectivity index (χ0n) is 13.9. The van der Waals surface area contributed by atoms with Crippen molar-refractivity contribution in [2.75, 3.05) is 0 Å². The highest BCUT2D eigenvalue weighted by molar-refractivity contribution is 5.51. The van der Waals surface area contributed by atoms with Crippen molar-refractivity contribution in [1.29, 1.82) is 0 Å². The summed E-state index contributed by atoms with van der Waals surface area (Å²) >= 11 is 0. The van der Waals surface area contributed by atoms with Crippen molar-refractivity contribution in [3.8, 4) is 23.3 Å². The predicted octanol–water partition coefficient (Wildman–Crippen LogP) is 3.91. The summed E-state index contributed by atoms with van der Waals surface area (Å²) in [6.45, 7) is -0.0819. The van der Waals surface area contributed by atoms with Gasteiger partial charge >= 0.3 is 12.6 Å². The third-order valence-corrected chi connectivity index (χ3v) is 3.54. The Hall–Kier alpha value is -3.48. The highest BCUT2D eigenvalue weighted by Crippen LogP contribution is 2.29. The quantitative estimate of drug-likeness (QED) is 0.499. The lowest BCUT2D eigenvalue weighted by molar-refractivity contribution is -0.137. The highest BCUT2D eigenvalue weighted by atomic mass is 19.4. The minimum absolute atomic E-state index is 0.0819. The molecule has 3 rings (SSSR count). The van der Waals surface area contributed by atoms with Gasteiger partial charge in [-0.2, -0.15) is 22.0 Å². The monoisotopic (exact) mass is 395 g/mol. The fraction of sp³-hybridized carbons (Fsp3) is 0.167. The van der Waals surface area contributed by atoms with Crippen LogP contribution in [-0.2, 0) is 12.7 Å². The number of hydrogen-bond acceptors (Lipinski definition) is 4. The van der Waals surface area contributed by atoms with E-state index in [0.29, 0.717) is 0 Å². The number of aromatic nitrogens is 3. The van der Waals surface area contributed by atoms with Gasteiger partial charge in [-0.25, -0.2) is 0 Å². The number of hydrogen-bond donors (Lipinski definition) is 0. The van der Waals surface area contributed by atoms with Gasteiger partial charge in [-0.15, -0.1) is 10.2 Å². The number of rotatable bonds is 3. The van der Waals surface area contributed by atoms with Crippen LogP contribution in [0.1, 0.15) is 23.4 Å². The Morgan fingerprint density at radius 1 is 1.14 bits per heavy atom. The largest absolute Gasteiger partial charge is 0.416 e. The van der Waals surface area contributed by atoms with Crippen molar-refractivity contribution in [3.05, 3.63) is 70.0 Å². The second-order valence-electron chi connectivity index (χ2n) is 5.51. The third kappa shape index (κ3) is 4.43. The van der Waals surface area contributed by atoms with E-state index in [1.807, 2.05) is 0 Å². The first-order chi connectivity index (χ1) is 13.2. The highest BCUT2D eigenvalue weighted by Gasteiger charge is 2.30. The zero-order valence-corrected chi connectivity index (χ0v) is 13.9. The summed E-state index contributed by atoms with van der Waals surface area (Å²) in [6.07, 6.45) is -6.05. The minimum atomic E-state index is -4.47. The van der Waals surface area contributed by atoms with Crippen molar-refractivity contribution in [2.45, 2.75) is 19.1 Å². The topological polar surface area (TPSA) is 60.9 Å². The molecule has 0 saturated heterocycles. The maximum atomic E-state index is 12.7. The number of benzene rings is 1. The van der Waals surface area contributed by atoms with E-state index in [1.165, 1.54) is 29.0 Å². The maximum Gasteiger partial charge on any atom is 0.416 e. The van der Waals surface area contributed by atoms with Gasteiger partial charge in [-0.05, 0) is 24.3 Å². The first-order valence-electron chi connectivity index (χ1n) is 7.72. The Morgan fingerprint density at radius 3 is 2.57 bits per heavy atom. The molecule has 1 aromatic carbocycles. The van der Waals surface area contributed by atoms with Crippen LogP contribution in [-0.4, -0.2) is 14.8 Å². The van der Waals surface area contributed by atoms with Crippen molar-refractivity contribution in [2.24, 2.45) is 0 Å². The van der Waals surface area contributed by atoms with Crippen LogP contribution in [0.2, 0.25) is 0 Å². The Bertz CT molecular complexity index is 1110. The van der Waals surface area contributed by atoms with Gasteiger partial charge in [0.05, 0.1) is 12.1 Å². The SMILES string of the molecule is O=c1cc(-c2nnc(C(F)F)o2)ccn1CC#Cc1cccc(C(F)(F)F)c1. The average molecular weight is 395 g/mol. The van der Waals surface area contributed by atoms with E-state index in [-0.39, 0.29) is 23.6 Å². The lowest BCUT2D eigenvalue weighted by Gasteiger charge is -2.05. The van der Waals surface area contributed by atoms with E-state index in [4.69, 9.17) is 4.42 Å². The van der Waals surface area contributed by atoms with Crippen LogP contribution in [0.3, 0.4) is 0 Å². The van der Waals surface area contributed by atoms with E-state index in [0.717, 1.165) is 18.2 Å². The molecule has 3 aromatic rings. The molecule has 5 nitrogen and oxygen atoms in total. The molecule has 2 heterocycles. The number of nitrogens with zero attached hydrogens (tertiary/aromatic N) is 3. The first kappa shape index (κ1) is 19.3. The second-order valence-corrected chi connectivity index (χ2v) is 5.51. The molecule has 0 aliphatic heterocycles. The van der Waals surface area contributed by atoms with Crippen LogP contribution >= 0.6 is 0 Å². The van der Waals surface area contributed by atoms with Gasteiger partial charge in [-0.1, -0.05) is 17.9 Å². The van der Waals surface area contributed by atoms with Crippen LogP contribution in [0, 0.1) is 11.8 Å². The number of alkyl halides is 5. The summed E-state index contributed by atoms with van der Waals surface area (Å²) < 4.78 is 68.9. The van der Waals surface area contributed by atoms with Crippen molar-refractivity contribution < 1.29 is 26.4 Å². The van der Waals surface area contributed by atoms with Crippen LogP contribution in [0.4, 0.5) is 22.0 Å². The third-order valence-electron chi connectivity index (χ3n) is 3.54. The van der Waals surface area contributed by atoms with E-state index >= 15 is 0 Å². The van der Waals surface area contributed by atoms with Gasteiger partial charge in [0.2, 0.25) is 5.89 Å². The normalized spacial score (nSPS) is 11.4. The number of halogens is 5. The molecule has 0 spiro atoms. The van der Waals surface area contributed by atoms with E-state index in [2.05, 4.69) is 22.0 Å². The maximum absolute atomic E-state index is 12.7. The molecule has 28 heavy (non-hydrogen) atoms. The van der Waals surface area contributed by atoms with E-state index < -0.39 is 29.6 Å². The Morgan fingerprint density at radius 2 is 1.93 bits per heavy atom. The fourth-order valence-corrected chi connectivity index (χ4v) is 2.21. The Labute approximate surface area is 154 Å². The molecule has 0 radical (unpaired) electrons. The molecule has 0 unspecified atom stereocenters. The molecular weight excluding hydrogens is 385 g/mol. The van der Waals surface area contributed by atoms with Gasteiger partial charge in [0.1, 0.15) is 0 Å². The molecule has 10 heteroatoms. The molecule has 0 saturated carbocycles. The van der Waals surface area contributed by atoms with Crippen molar-refractivity contribution >= 4 is 0 Å². The van der Waals surface area contributed by atoms with Gasteiger partial charge in [-0.3, -0.25) is 4.79 Å². The number of pyridine rings is 1. The molecule has 0 amide bonds. The van der Waals surface area contributed by atoms with Gasteiger partial charge in [0, 0.05) is 23.4 Å². The predicted molar refractivity (Wildman–Crippen MR) is 87.3 cm³/mol. The van der Waals surface area contributed by atoms with Crippen molar-refractivity contribution in [1.82, 2.24) is 14.8 Å². The summed E-state index contributed by atoms with van der Waals surface area (Å²) in [5.41, 5.74) is -1.02. The van der Waals surface area contributed by atoms with E-state index in [9.17, 15) is 26.7 Å². The minimum Gasteiger partial charge on any atom is -0.415 e. The van der Waals surface area contributed by atoms with Crippen LogP contribution in [0.25, 0.3) is 11.5 Å². The molecule has 0 N–H and O–H groups in total. The second kappa shape index (κ2) is 7.64. The standard InChI is InChI=1S/C18H10F5N3O2/c19-15(20)17-25-24-16(28-17)12-6-8-26(14(27)10-12)7-2-4-11-3-1-5-13(9-11)18(21,22)23/h1,3,5-6,8-10,15H,7H2. The Kier molecular flexibility index (Phi) is 5.26. The zero-order chi connectivity index (χ0) is 20.3. The van der Waals surface area contributed by atoms with Gasteiger partial charge in [0.25, 0.3) is 11.4 Å². The average Bonchev–Trinajstić information content (AvgIpc) is 3.13. The summed E-state index contributed by atoms with van der Waals surface area (Å²) in [7, 11) is 0. The van der Waals surface area contributed by atoms with Crippen molar-refractivity contribution in [3.63, 3.8) is 0 Å². The summed E-state index contributed by atoms with van der Waals surface area (Å²) in [6, 6.07) is 7.02. The molecular formula is C18H10F5N3O2. The molecule has 0 atom stereocenters. The fourth-order valence-electron chi connectivity index (χ4n) is 2.21. The van der Waals surface area contributed by atoms with Crippen LogP contribution < -0.4 is 5.56 Å². The van der Waals surface area contributed by atoms with E-state index in [1.54, 1.807) is 0 Å². The molecule has 2 aromatic heterocycles. The molecule has 0 fully saturated rings. The molecule has 144 valence electrons. The summed E-state index contributed by atoms with van der Waals surface area (Å²) in [5.74, 6) is 4.09. The molecule has 0 aliphatic carbocycles. The lowest BCUT2D eigenvalue weighted by Crippen LogP contribution is -2.17. The van der Waals surface area contributed by atoms with Crippen LogP contribution in [0.5, 0.6) is 0 Å². The molecule has 0 bridgehead atoms. The van der Waals surface area contributed by atoms with Gasteiger partial charge < -0.3 is 8.98 Å². The van der Waals surface area contributed by atoms with Gasteiger partial charge in [0.15, 0.2) is 0 Å². The summed E-state index contributed by atoms with van der Waals surface area (Å²) in [4.78, 5) is 12.1. The molecule has 0 aliphatic rings. The summed E-state index contributed by atoms with van der Waals surface area (Å²) in [5, 5.41) is 6.62. The smallest absolute Gasteiger partial charge is 0.415 e. The first-order valence-corrected chi connectivity index (χ1v) is 7.72. The van der Waals surface area contributed by atoms with Crippen LogP contribution in [0.15, 0.2) is 51.8 Å². The lowest BCUT2D eigenvalue weighted by atomic mass is 10.1. The Balaban J connectivity index is 1.76.